The standard InChI is InChI=1S/C53H91N5O14S/c1-15-43-53(10,65)46(61)35(6)57(12)28-31(2)26-51(8,64)48(33(4)44(34(5)49(63)71-43)42-27-52(9,68-13)47(62)36(7)70-42)72-50-45(60)41(25-32(3)69-50)56(11)24-23-38-29-58(55-54-38)39(30-59)18-16-17-37-19-21-40(22-20-37)73(14,66)67/h19-22,29,31-36,39,41-48,50,59-62,64-65H,15-18,23-28,30H2,1-14H3/t31-,32-,33+,34-,35-,36+,39+,41+,42-,43-,44?,45-,46-,47+,48-,50+,51-,52-,53-/m1/s1. The quantitative estimate of drug-likeness (QED) is 0.132. The van der Waals surface area contributed by atoms with E-state index in [1.807, 2.05) is 63.0 Å². The number of aryl methyl sites for hydroxylation is 1. The number of ether oxygens (including phenoxy) is 5. The van der Waals surface area contributed by atoms with Crippen molar-refractivity contribution in [1.82, 2.24) is 24.8 Å². The molecule has 4 heterocycles. The Balaban J connectivity index is 1.40. The highest BCUT2D eigenvalue weighted by Crippen LogP contribution is 2.45. The molecule has 19 nitrogen and oxygen atoms in total. The fourth-order valence-corrected chi connectivity index (χ4v) is 12.7. The molecular formula is C53H91N5O14S. The number of aliphatic hydroxyl groups excluding tert-OH is 4. The molecule has 3 aliphatic rings. The van der Waals surface area contributed by atoms with Gasteiger partial charge in [0.1, 0.15) is 30.0 Å². The van der Waals surface area contributed by atoms with E-state index in [-0.39, 0.29) is 48.8 Å². The maximum atomic E-state index is 14.6. The van der Waals surface area contributed by atoms with Gasteiger partial charge in [-0.15, -0.1) is 5.10 Å². The molecular weight excluding hydrogens is 963 g/mol. The zero-order valence-corrected chi connectivity index (χ0v) is 46.8. The number of benzene rings is 1. The van der Waals surface area contributed by atoms with Crippen LogP contribution in [0, 0.1) is 23.7 Å². The van der Waals surface area contributed by atoms with Gasteiger partial charge >= 0.3 is 5.97 Å². The van der Waals surface area contributed by atoms with Crippen LogP contribution in [-0.4, -0.2) is 201 Å². The van der Waals surface area contributed by atoms with Crippen LogP contribution < -0.4 is 0 Å². The summed E-state index contributed by atoms with van der Waals surface area (Å²) in [6, 6.07) is 5.51. The van der Waals surface area contributed by atoms with Gasteiger partial charge < -0.3 is 64.1 Å². The van der Waals surface area contributed by atoms with Gasteiger partial charge in [-0.3, -0.25) is 4.79 Å². The van der Waals surface area contributed by atoms with Crippen LogP contribution in [0.1, 0.15) is 125 Å². The first-order chi connectivity index (χ1) is 34.0. The van der Waals surface area contributed by atoms with Crippen molar-refractivity contribution < 1.29 is 67.5 Å². The van der Waals surface area contributed by atoms with Crippen LogP contribution in [0.4, 0.5) is 0 Å². The lowest BCUT2D eigenvalue weighted by atomic mass is 9.68. The smallest absolute Gasteiger partial charge is 0.309 e. The molecule has 0 amide bonds. The minimum atomic E-state index is -3.28. The molecule has 3 fully saturated rings. The maximum absolute atomic E-state index is 14.6. The number of aliphatic hydroxyl groups is 6. The first-order valence-electron chi connectivity index (χ1n) is 26.4. The van der Waals surface area contributed by atoms with E-state index in [9.17, 15) is 43.9 Å². The van der Waals surface area contributed by atoms with E-state index in [4.69, 9.17) is 23.7 Å². The summed E-state index contributed by atoms with van der Waals surface area (Å²) in [6.07, 6.45) is -2.05. The Morgan fingerprint density at radius 2 is 1.63 bits per heavy atom. The number of nitrogens with zero attached hydrogens (tertiary/aromatic N) is 5. The van der Waals surface area contributed by atoms with Crippen molar-refractivity contribution in [3.8, 4) is 0 Å². The van der Waals surface area contributed by atoms with Crippen molar-refractivity contribution in [2.45, 2.75) is 216 Å². The number of aromatic nitrogens is 3. The van der Waals surface area contributed by atoms with Crippen LogP contribution in [-0.2, 0) is 51.2 Å². The van der Waals surface area contributed by atoms with Gasteiger partial charge in [0, 0.05) is 63.5 Å². The normalized spacial score (nSPS) is 39.4. The first-order valence-corrected chi connectivity index (χ1v) is 28.3. The number of likely N-dealkylation sites (N-methyl/N-ethyl adjacent to an activating group) is 2. The van der Waals surface area contributed by atoms with E-state index in [0.29, 0.717) is 44.5 Å². The Morgan fingerprint density at radius 1 is 0.973 bits per heavy atom. The highest BCUT2D eigenvalue weighted by atomic mass is 32.2. The van der Waals surface area contributed by atoms with Crippen LogP contribution in [0.3, 0.4) is 0 Å². The highest BCUT2D eigenvalue weighted by Gasteiger charge is 2.55. The number of esters is 1. The molecule has 0 radical (unpaired) electrons. The van der Waals surface area contributed by atoms with Gasteiger partial charge in [-0.25, -0.2) is 13.1 Å². The van der Waals surface area contributed by atoms with E-state index >= 15 is 0 Å². The van der Waals surface area contributed by atoms with Crippen molar-refractivity contribution in [3.05, 3.63) is 41.7 Å². The van der Waals surface area contributed by atoms with Crippen molar-refractivity contribution in [2.24, 2.45) is 23.7 Å². The summed E-state index contributed by atoms with van der Waals surface area (Å²) >= 11 is 0. The van der Waals surface area contributed by atoms with Gasteiger partial charge in [-0.2, -0.15) is 0 Å². The topological polar surface area (TPSA) is 256 Å². The fraction of sp³-hybridized carbons (Fsp3) is 0.830. The summed E-state index contributed by atoms with van der Waals surface area (Å²) in [7, 11) is 2.00. The molecule has 3 aliphatic heterocycles. The Morgan fingerprint density at radius 3 is 2.23 bits per heavy atom. The zero-order valence-electron chi connectivity index (χ0n) is 46.0. The third kappa shape index (κ3) is 14.7. The van der Waals surface area contributed by atoms with E-state index in [1.54, 1.807) is 58.4 Å². The maximum Gasteiger partial charge on any atom is 0.309 e. The van der Waals surface area contributed by atoms with Crippen LogP contribution in [0.2, 0.25) is 0 Å². The molecule has 1 unspecified atom stereocenters. The minimum absolute atomic E-state index is 0.135. The lowest BCUT2D eigenvalue weighted by molar-refractivity contribution is -0.302. The molecule has 2 aromatic rings. The van der Waals surface area contributed by atoms with Crippen LogP contribution in [0.5, 0.6) is 0 Å². The number of carbonyl (C=O) groups is 1. The second kappa shape index (κ2) is 25.2. The van der Waals surface area contributed by atoms with Gasteiger partial charge in [0.05, 0.1) is 64.8 Å². The van der Waals surface area contributed by atoms with Crippen LogP contribution in [0.15, 0.2) is 35.4 Å². The van der Waals surface area contributed by atoms with Crippen LogP contribution in [0.25, 0.3) is 0 Å². The van der Waals surface area contributed by atoms with E-state index in [0.717, 1.165) is 12.0 Å². The molecule has 5 rings (SSSR count). The Hall–Kier alpha value is -2.70. The number of sulfone groups is 1. The number of hydrogen-bond donors (Lipinski definition) is 6. The fourth-order valence-electron chi connectivity index (χ4n) is 12.0. The summed E-state index contributed by atoms with van der Waals surface area (Å²) < 4.78 is 57.6. The molecule has 418 valence electrons. The van der Waals surface area contributed by atoms with E-state index in [1.165, 1.54) is 20.3 Å². The van der Waals surface area contributed by atoms with Gasteiger partial charge in [-0.1, -0.05) is 45.0 Å². The van der Waals surface area contributed by atoms with E-state index in [2.05, 4.69) is 10.3 Å². The highest BCUT2D eigenvalue weighted by molar-refractivity contribution is 7.90. The lowest BCUT2D eigenvalue weighted by Crippen LogP contribution is -2.62. The van der Waals surface area contributed by atoms with Crippen LogP contribution >= 0.6 is 0 Å². The number of rotatable bonds is 16. The summed E-state index contributed by atoms with van der Waals surface area (Å²) in [4.78, 5) is 18.9. The molecule has 1 aromatic heterocycles. The summed E-state index contributed by atoms with van der Waals surface area (Å²) in [6.45, 7) is 18.6. The molecule has 0 saturated carbocycles. The zero-order chi connectivity index (χ0) is 54.5. The molecule has 0 spiro atoms. The predicted molar refractivity (Wildman–Crippen MR) is 274 cm³/mol. The van der Waals surface area contributed by atoms with Crippen molar-refractivity contribution in [1.29, 1.82) is 0 Å². The summed E-state index contributed by atoms with van der Waals surface area (Å²) in [5.74, 6) is -3.23. The second-order valence-corrected chi connectivity index (χ2v) is 24.9. The van der Waals surface area contributed by atoms with Gasteiger partial charge in [0.25, 0.3) is 0 Å². The molecule has 0 bridgehead atoms. The lowest BCUT2D eigenvalue weighted by Gasteiger charge is -2.51. The van der Waals surface area contributed by atoms with Crippen molar-refractivity contribution in [3.63, 3.8) is 0 Å². The molecule has 0 aliphatic carbocycles. The third-order valence-corrected chi connectivity index (χ3v) is 17.8. The monoisotopic (exact) mass is 1050 g/mol. The molecule has 3 saturated heterocycles. The van der Waals surface area contributed by atoms with Gasteiger partial charge in [0.2, 0.25) is 0 Å². The largest absolute Gasteiger partial charge is 0.459 e. The summed E-state index contributed by atoms with van der Waals surface area (Å²) in [5, 5.41) is 79.2. The number of carbonyl (C=O) groups excluding carboxylic acids is 1. The Bertz CT molecular complexity index is 2160. The number of hydrogen-bond acceptors (Lipinski definition) is 18. The number of cyclic esters (lactones) is 1. The van der Waals surface area contributed by atoms with Crippen molar-refractivity contribution in [2.75, 3.05) is 47.2 Å². The van der Waals surface area contributed by atoms with E-state index < -0.39 is 111 Å². The average molecular weight is 1050 g/mol. The van der Waals surface area contributed by atoms with Gasteiger partial charge in [-0.05, 0) is 124 Å². The SMILES string of the molecule is CC[C@H]1OC(=O)[C@H](C)C([C@H]2C[C@@](C)(OC)[C@@H](O)[C@H](C)O2)[C@H](C)[C@@H](O[C@@H]2O[C@H](C)C[C@H](N(C)CCc3cn([C@H](CO)CCCc4ccc(S(C)(=O)=O)cc4)nn3)[C@H]2O)[C@](C)(O)C[C@@H](C)CN(C)[C@H](C)[C@@H](O)[C@]1(C)O. The third-order valence-electron chi connectivity index (χ3n) is 16.7. The summed E-state index contributed by atoms with van der Waals surface area (Å²) in [5.41, 5.74) is -2.80. The van der Waals surface area contributed by atoms with Crippen molar-refractivity contribution >= 4 is 15.8 Å². The first kappa shape index (κ1) is 61.2. The molecule has 73 heavy (non-hydrogen) atoms. The molecule has 19 atom stereocenters. The minimum Gasteiger partial charge on any atom is -0.459 e. The Kier molecular flexibility index (Phi) is 21.1. The molecule has 1 aromatic carbocycles. The van der Waals surface area contributed by atoms with Gasteiger partial charge in [0.15, 0.2) is 16.1 Å². The Labute approximate surface area is 434 Å². The average Bonchev–Trinajstić information content (AvgIpc) is 3.80. The predicted octanol–water partition coefficient (Wildman–Crippen LogP) is 3.34. The number of methoxy groups -OCH3 is 1. The second-order valence-electron chi connectivity index (χ2n) is 22.9. The molecule has 20 heteroatoms. The molecule has 6 N–H and O–H groups in total.